The zero-order chi connectivity index (χ0) is 22.6. The van der Waals surface area contributed by atoms with E-state index in [0.717, 1.165) is 11.3 Å². The maximum Gasteiger partial charge on any atom is 0.240 e. The quantitative estimate of drug-likeness (QED) is 0.650. The molecule has 0 bridgehead atoms. The van der Waals surface area contributed by atoms with Gasteiger partial charge in [-0.3, -0.25) is 9.59 Å². The Bertz CT molecular complexity index is 1070. The molecule has 2 aromatic rings. The lowest BCUT2D eigenvalue weighted by Crippen LogP contribution is -2.33. The van der Waals surface area contributed by atoms with E-state index in [1.165, 1.54) is 13.0 Å². The molecule has 0 spiro atoms. The normalized spacial score (nSPS) is 15.5. The van der Waals surface area contributed by atoms with E-state index in [1.54, 1.807) is 41.3 Å². The molecule has 0 fully saturated rings. The van der Waals surface area contributed by atoms with Gasteiger partial charge in [-0.1, -0.05) is 0 Å². The summed E-state index contributed by atoms with van der Waals surface area (Å²) in [6.07, 6.45) is 0.593. The molecule has 0 saturated carbocycles. The topological polar surface area (TPSA) is 105 Å². The Labute approximate surface area is 182 Å². The Kier molecular flexibility index (Phi) is 6.97. The van der Waals surface area contributed by atoms with Gasteiger partial charge in [-0.25, -0.2) is 13.1 Å². The van der Waals surface area contributed by atoms with Gasteiger partial charge in [0.15, 0.2) is 0 Å². The standard InChI is InChI=1S/C22H27N3O5S/c1-4-30-19-7-5-18(6-8-19)24-22(27)11-12-23-31(28,29)20-9-10-21-17(14-20)13-15(2)25(21)16(3)26/h5-10,14-15,23H,4,11-13H2,1-3H3,(H,24,27)/t15-/m0/s1. The molecule has 1 atom stereocenters. The van der Waals surface area contributed by atoms with Crippen molar-refractivity contribution in [1.29, 1.82) is 0 Å². The first-order chi connectivity index (χ1) is 14.7. The molecule has 0 radical (unpaired) electrons. The van der Waals surface area contributed by atoms with Crippen LogP contribution in [0.4, 0.5) is 11.4 Å². The van der Waals surface area contributed by atoms with E-state index >= 15 is 0 Å². The molecular weight excluding hydrogens is 418 g/mol. The van der Waals surface area contributed by atoms with Gasteiger partial charge < -0.3 is 15.0 Å². The number of hydrogen-bond donors (Lipinski definition) is 2. The number of carbonyl (C=O) groups is 2. The maximum absolute atomic E-state index is 12.6. The van der Waals surface area contributed by atoms with Crippen molar-refractivity contribution in [3.63, 3.8) is 0 Å². The van der Waals surface area contributed by atoms with E-state index in [4.69, 9.17) is 4.74 Å². The fourth-order valence-corrected chi connectivity index (χ4v) is 4.74. The van der Waals surface area contributed by atoms with Crippen LogP contribution in [-0.4, -0.2) is 39.4 Å². The van der Waals surface area contributed by atoms with Crippen molar-refractivity contribution in [2.75, 3.05) is 23.4 Å². The third-order valence-electron chi connectivity index (χ3n) is 5.01. The summed E-state index contributed by atoms with van der Waals surface area (Å²) in [4.78, 5) is 25.7. The Morgan fingerprint density at radius 1 is 1.16 bits per heavy atom. The zero-order valence-corrected chi connectivity index (χ0v) is 18.7. The van der Waals surface area contributed by atoms with E-state index in [1.807, 2.05) is 13.8 Å². The average molecular weight is 446 g/mol. The van der Waals surface area contributed by atoms with E-state index in [9.17, 15) is 18.0 Å². The molecular formula is C22H27N3O5S. The van der Waals surface area contributed by atoms with E-state index in [2.05, 4.69) is 10.0 Å². The highest BCUT2D eigenvalue weighted by molar-refractivity contribution is 7.89. The van der Waals surface area contributed by atoms with Gasteiger partial charge in [-0.2, -0.15) is 0 Å². The van der Waals surface area contributed by atoms with Crippen molar-refractivity contribution in [3.8, 4) is 5.75 Å². The Morgan fingerprint density at radius 2 is 1.87 bits per heavy atom. The molecule has 2 N–H and O–H groups in total. The van der Waals surface area contributed by atoms with Crippen LogP contribution >= 0.6 is 0 Å². The number of ether oxygens (including phenoxy) is 1. The Hall–Kier alpha value is -2.91. The first kappa shape index (κ1) is 22.8. The van der Waals surface area contributed by atoms with E-state index in [0.29, 0.717) is 24.5 Å². The first-order valence-corrected chi connectivity index (χ1v) is 11.6. The molecule has 2 amide bonds. The summed E-state index contributed by atoms with van der Waals surface area (Å²) in [5.74, 6) is 0.341. The van der Waals surface area contributed by atoms with Gasteiger partial charge in [0.05, 0.1) is 11.5 Å². The second-order valence-corrected chi connectivity index (χ2v) is 9.15. The van der Waals surface area contributed by atoms with Crippen LogP contribution in [0.15, 0.2) is 47.4 Å². The first-order valence-electron chi connectivity index (χ1n) is 10.2. The van der Waals surface area contributed by atoms with Crippen LogP contribution in [-0.2, 0) is 26.0 Å². The van der Waals surface area contributed by atoms with Crippen molar-refractivity contribution in [1.82, 2.24) is 4.72 Å². The lowest BCUT2D eigenvalue weighted by Gasteiger charge is -2.20. The number of benzene rings is 2. The number of hydrogen-bond acceptors (Lipinski definition) is 5. The number of carbonyl (C=O) groups excluding carboxylic acids is 2. The highest BCUT2D eigenvalue weighted by atomic mass is 32.2. The predicted molar refractivity (Wildman–Crippen MR) is 119 cm³/mol. The minimum atomic E-state index is -3.77. The SMILES string of the molecule is CCOc1ccc(NC(=O)CCNS(=O)(=O)c2ccc3c(c2)C[C@H](C)N3C(C)=O)cc1. The van der Waals surface area contributed by atoms with Crippen molar-refractivity contribution in [2.45, 2.75) is 44.6 Å². The fourth-order valence-electron chi connectivity index (χ4n) is 3.66. The van der Waals surface area contributed by atoms with E-state index < -0.39 is 10.0 Å². The van der Waals surface area contributed by atoms with Gasteiger partial charge in [0.1, 0.15) is 5.75 Å². The smallest absolute Gasteiger partial charge is 0.240 e. The number of nitrogens with one attached hydrogen (secondary N) is 2. The molecule has 0 saturated heterocycles. The zero-order valence-electron chi connectivity index (χ0n) is 17.8. The van der Waals surface area contributed by atoms with Crippen LogP contribution in [0.2, 0.25) is 0 Å². The van der Waals surface area contributed by atoms with Crippen molar-refractivity contribution in [2.24, 2.45) is 0 Å². The molecule has 1 aliphatic heterocycles. The van der Waals surface area contributed by atoms with Gasteiger partial charge in [-0.15, -0.1) is 0 Å². The molecule has 31 heavy (non-hydrogen) atoms. The second-order valence-electron chi connectivity index (χ2n) is 7.39. The molecule has 0 aromatic heterocycles. The molecule has 0 unspecified atom stereocenters. The van der Waals surface area contributed by atoms with Gasteiger partial charge in [0, 0.05) is 37.3 Å². The summed E-state index contributed by atoms with van der Waals surface area (Å²) in [7, 11) is -3.77. The lowest BCUT2D eigenvalue weighted by molar-refractivity contribution is -0.117. The maximum atomic E-state index is 12.6. The molecule has 8 nitrogen and oxygen atoms in total. The molecule has 2 aromatic carbocycles. The highest BCUT2D eigenvalue weighted by Crippen LogP contribution is 2.33. The van der Waals surface area contributed by atoms with Crippen molar-refractivity contribution >= 4 is 33.2 Å². The molecule has 1 heterocycles. The molecule has 1 aliphatic rings. The van der Waals surface area contributed by atoms with Crippen LogP contribution in [0, 0.1) is 0 Å². The van der Waals surface area contributed by atoms with Gasteiger partial charge in [-0.05, 0) is 68.3 Å². The third-order valence-corrected chi connectivity index (χ3v) is 6.47. The predicted octanol–water partition coefficient (Wildman–Crippen LogP) is 2.69. The summed E-state index contributed by atoms with van der Waals surface area (Å²) >= 11 is 0. The number of sulfonamides is 1. The summed E-state index contributed by atoms with van der Waals surface area (Å²) in [5, 5.41) is 2.72. The molecule has 0 aliphatic carbocycles. The van der Waals surface area contributed by atoms with Crippen LogP contribution in [0.1, 0.15) is 32.8 Å². The summed E-state index contributed by atoms with van der Waals surface area (Å²) in [6.45, 7) is 5.84. The fraction of sp³-hybridized carbons (Fsp3) is 0.364. The largest absolute Gasteiger partial charge is 0.494 e. The molecule has 9 heteroatoms. The van der Waals surface area contributed by atoms with Crippen LogP contribution < -0.4 is 19.7 Å². The number of nitrogens with zero attached hydrogens (tertiary/aromatic N) is 1. The molecule has 166 valence electrons. The van der Waals surface area contributed by atoms with Crippen LogP contribution in [0.25, 0.3) is 0 Å². The Morgan fingerprint density at radius 3 is 2.52 bits per heavy atom. The second kappa shape index (κ2) is 9.49. The Balaban J connectivity index is 1.56. The highest BCUT2D eigenvalue weighted by Gasteiger charge is 2.30. The number of fused-ring (bicyclic) bond motifs is 1. The number of anilines is 2. The van der Waals surface area contributed by atoms with E-state index in [-0.39, 0.29) is 35.7 Å². The van der Waals surface area contributed by atoms with Crippen molar-refractivity contribution < 1.29 is 22.7 Å². The van der Waals surface area contributed by atoms with Gasteiger partial charge >= 0.3 is 0 Å². The number of amides is 2. The van der Waals surface area contributed by atoms with Crippen LogP contribution in [0.5, 0.6) is 5.75 Å². The molecule has 3 rings (SSSR count). The monoisotopic (exact) mass is 445 g/mol. The van der Waals surface area contributed by atoms with Crippen LogP contribution in [0.3, 0.4) is 0 Å². The average Bonchev–Trinajstić information content (AvgIpc) is 3.04. The minimum absolute atomic E-state index is 0.00741. The number of rotatable bonds is 8. The third kappa shape index (κ3) is 5.42. The van der Waals surface area contributed by atoms with Crippen molar-refractivity contribution in [3.05, 3.63) is 48.0 Å². The summed E-state index contributed by atoms with van der Waals surface area (Å²) in [5.41, 5.74) is 2.17. The van der Waals surface area contributed by atoms with Gasteiger partial charge in [0.25, 0.3) is 0 Å². The summed E-state index contributed by atoms with van der Waals surface area (Å²) in [6, 6.07) is 11.7. The lowest BCUT2D eigenvalue weighted by atomic mass is 10.1. The van der Waals surface area contributed by atoms with Gasteiger partial charge in [0.2, 0.25) is 21.8 Å². The summed E-state index contributed by atoms with van der Waals surface area (Å²) < 4.78 is 33.1. The minimum Gasteiger partial charge on any atom is -0.494 e.